The highest BCUT2D eigenvalue weighted by Crippen LogP contribution is 2.30. The Morgan fingerprint density at radius 1 is 1.59 bits per heavy atom. The first-order valence-corrected chi connectivity index (χ1v) is 6.33. The molecule has 0 aliphatic heterocycles. The molecule has 0 aromatic heterocycles. The zero-order chi connectivity index (χ0) is 13.0. The third kappa shape index (κ3) is 4.44. The molecule has 0 aliphatic carbocycles. The van der Waals surface area contributed by atoms with Gasteiger partial charge >= 0.3 is 5.97 Å². The molecule has 0 spiro atoms. The zero-order valence-electron chi connectivity index (χ0n) is 9.50. The molecule has 94 valence electrons. The van der Waals surface area contributed by atoms with Gasteiger partial charge in [0.1, 0.15) is 5.82 Å². The number of rotatable bonds is 4. The fourth-order valence-electron chi connectivity index (χ4n) is 1.09. The SMILES string of the molecule is CC(C)OC(=O)CSc1cc(N)c(F)cc1Cl. The Morgan fingerprint density at radius 2 is 2.24 bits per heavy atom. The second-order valence-corrected chi connectivity index (χ2v) is 5.06. The summed E-state index contributed by atoms with van der Waals surface area (Å²) in [6, 6.07) is 2.54. The number of nitrogens with two attached hydrogens (primary N) is 1. The van der Waals surface area contributed by atoms with Gasteiger partial charge in [0.05, 0.1) is 22.6 Å². The summed E-state index contributed by atoms with van der Waals surface area (Å²) < 4.78 is 18.0. The van der Waals surface area contributed by atoms with Crippen molar-refractivity contribution >= 4 is 35.0 Å². The minimum absolute atomic E-state index is 0.00845. The Kier molecular flexibility index (Phi) is 5.08. The highest BCUT2D eigenvalue weighted by Gasteiger charge is 2.11. The lowest BCUT2D eigenvalue weighted by Crippen LogP contribution is -2.13. The molecule has 17 heavy (non-hydrogen) atoms. The van der Waals surface area contributed by atoms with Crippen LogP contribution in [0.5, 0.6) is 0 Å². The number of anilines is 1. The maximum Gasteiger partial charge on any atom is 0.316 e. The van der Waals surface area contributed by atoms with E-state index in [2.05, 4.69) is 0 Å². The van der Waals surface area contributed by atoms with Crippen molar-refractivity contribution in [1.82, 2.24) is 0 Å². The fourth-order valence-corrected chi connectivity index (χ4v) is 2.15. The number of carbonyl (C=O) groups is 1. The van der Waals surface area contributed by atoms with Crippen LogP contribution in [0.3, 0.4) is 0 Å². The Morgan fingerprint density at radius 3 is 2.82 bits per heavy atom. The summed E-state index contributed by atoms with van der Waals surface area (Å²) in [5.41, 5.74) is 5.42. The van der Waals surface area contributed by atoms with Crippen LogP contribution in [0.4, 0.5) is 10.1 Å². The third-order valence-electron chi connectivity index (χ3n) is 1.76. The molecule has 0 unspecified atom stereocenters. The number of hydrogen-bond donors (Lipinski definition) is 1. The molecule has 0 heterocycles. The number of ether oxygens (including phenoxy) is 1. The Bertz CT molecular complexity index is 426. The fraction of sp³-hybridized carbons (Fsp3) is 0.364. The van der Waals surface area contributed by atoms with Crippen LogP contribution in [-0.4, -0.2) is 17.8 Å². The van der Waals surface area contributed by atoms with E-state index in [9.17, 15) is 9.18 Å². The molecule has 0 aliphatic rings. The number of thioether (sulfide) groups is 1. The van der Waals surface area contributed by atoms with Crippen molar-refractivity contribution < 1.29 is 13.9 Å². The van der Waals surface area contributed by atoms with E-state index in [-0.39, 0.29) is 28.5 Å². The summed E-state index contributed by atoms with van der Waals surface area (Å²) in [6.07, 6.45) is -0.156. The van der Waals surface area contributed by atoms with Gasteiger partial charge in [0, 0.05) is 4.90 Å². The van der Waals surface area contributed by atoms with E-state index in [1.807, 2.05) is 0 Å². The summed E-state index contributed by atoms with van der Waals surface area (Å²) in [7, 11) is 0. The van der Waals surface area contributed by atoms with Gasteiger partial charge in [0.2, 0.25) is 0 Å². The van der Waals surface area contributed by atoms with Gasteiger partial charge in [-0.05, 0) is 26.0 Å². The van der Waals surface area contributed by atoms with Gasteiger partial charge in [0.15, 0.2) is 0 Å². The van der Waals surface area contributed by atoms with E-state index in [4.69, 9.17) is 22.1 Å². The number of hydrogen-bond acceptors (Lipinski definition) is 4. The lowest BCUT2D eigenvalue weighted by atomic mass is 10.3. The van der Waals surface area contributed by atoms with Crippen molar-refractivity contribution in [3.63, 3.8) is 0 Å². The molecule has 1 aromatic carbocycles. The van der Waals surface area contributed by atoms with Gasteiger partial charge in [-0.3, -0.25) is 4.79 Å². The van der Waals surface area contributed by atoms with Crippen LogP contribution in [0.15, 0.2) is 17.0 Å². The normalized spacial score (nSPS) is 10.6. The lowest BCUT2D eigenvalue weighted by molar-refractivity contribution is -0.144. The highest BCUT2D eigenvalue weighted by molar-refractivity contribution is 8.00. The van der Waals surface area contributed by atoms with Crippen molar-refractivity contribution in [3.05, 3.63) is 23.0 Å². The zero-order valence-corrected chi connectivity index (χ0v) is 11.1. The molecule has 3 nitrogen and oxygen atoms in total. The van der Waals surface area contributed by atoms with Crippen LogP contribution in [0.25, 0.3) is 0 Å². The van der Waals surface area contributed by atoms with Gasteiger partial charge in [-0.1, -0.05) is 11.6 Å². The maximum atomic E-state index is 13.0. The molecule has 1 aromatic rings. The summed E-state index contributed by atoms with van der Waals surface area (Å²) in [4.78, 5) is 11.9. The van der Waals surface area contributed by atoms with Gasteiger partial charge in [-0.25, -0.2) is 4.39 Å². The second-order valence-electron chi connectivity index (χ2n) is 3.63. The molecule has 0 atom stereocenters. The van der Waals surface area contributed by atoms with Crippen LogP contribution in [0, 0.1) is 5.82 Å². The first-order chi connectivity index (χ1) is 7.90. The van der Waals surface area contributed by atoms with Crippen LogP contribution in [-0.2, 0) is 9.53 Å². The van der Waals surface area contributed by atoms with Crippen LogP contribution < -0.4 is 5.73 Å². The topological polar surface area (TPSA) is 52.3 Å². The largest absolute Gasteiger partial charge is 0.462 e. The average molecular weight is 278 g/mol. The molecule has 0 saturated carbocycles. The minimum Gasteiger partial charge on any atom is -0.462 e. The molecular weight excluding hydrogens is 265 g/mol. The van der Waals surface area contributed by atoms with E-state index in [0.717, 1.165) is 6.07 Å². The van der Waals surface area contributed by atoms with Gasteiger partial charge in [-0.2, -0.15) is 0 Å². The summed E-state index contributed by atoms with van der Waals surface area (Å²) in [6.45, 7) is 3.54. The summed E-state index contributed by atoms with van der Waals surface area (Å²) in [5.74, 6) is -0.795. The maximum absolute atomic E-state index is 13.0. The summed E-state index contributed by atoms with van der Waals surface area (Å²) >= 11 is 6.99. The molecule has 0 amide bonds. The number of halogens is 2. The van der Waals surface area contributed by atoms with E-state index >= 15 is 0 Å². The molecular formula is C11H13ClFNO2S. The molecule has 1 rings (SSSR count). The number of nitrogen functional groups attached to an aromatic ring is 1. The molecule has 2 N–H and O–H groups in total. The van der Waals surface area contributed by atoms with E-state index in [1.165, 1.54) is 17.8 Å². The predicted molar refractivity (Wildman–Crippen MR) is 67.8 cm³/mol. The van der Waals surface area contributed by atoms with Gasteiger partial charge < -0.3 is 10.5 Å². The van der Waals surface area contributed by atoms with Crippen molar-refractivity contribution in [2.45, 2.75) is 24.8 Å². The van der Waals surface area contributed by atoms with Crippen molar-refractivity contribution in [2.24, 2.45) is 0 Å². The Labute approximate surface area is 108 Å². The minimum atomic E-state index is -0.566. The quantitative estimate of drug-likeness (QED) is 0.522. The summed E-state index contributed by atoms with van der Waals surface area (Å²) in [5, 5.41) is 0.235. The number of carbonyl (C=O) groups excluding carboxylic acids is 1. The number of benzene rings is 1. The van der Waals surface area contributed by atoms with Crippen LogP contribution >= 0.6 is 23.4 Å². The Balaban J connectivity index is 2.63. The van der Waals surface area contributed by atoms with Crippen molar-refractivity contribution in [1.29, 1.82) is 0 Å². The third-order valence-corrected chi connectivity index (χ3v) is 3.22. The molecule has 0 bridgehead atoms. The van der Waals surface area contributed by atoms with Crippen molar-refractivity contribution in [2.75, 3.05) is 11.5 Å². The first kappa shape index (κ1) is 14.1. The van der Waals surface area contributed by atoms with Gasteiger partial charge in [0.25, 0.3) is 0 Å². The Hall–Kier alpha value is -0.940. The molecule has 0 fully saturated rings. The van der Waals surface area contributed by atoms with Gasteiger partial charge in [-0.15, -0.1) is 11.8 Å². The van der Waals surface area contributed by atoms with Crippen LogP contribution in [0.1, 0.15) is 13.8 Å². The van der Waals surface area contributed by atoms with E-state index < -0.39 is 5.82 Å². The second kappa shape index (κ2) is 6.12. The van der Waals surface area contributed by atoms with E-state index in [1.54, 1.807) is 13.8 Å². The molecule has 0 radical (unpaired) electrons. The van der Waals surface area contributed by atoms with Crippen molar-refractivity contribution in [3.8, 4) is 0 Å². The predicted octanol–water partition coefficient (Wildman–Crippen LogP) is 3.11. The molecule has 0 saturated heterocycles. The standard InChI is InChI=1S/C11H13ClFNO2S/c1-6(2)16-11(15)5-17-10-4-9(14)8(13)3-7(10)12/h3-4,6H,5,14H2,1-2H3. The number of esters is 1. The average Bonchev–Trinajstić information content (AvgIpc) is 2.20. The monoisotopic (exact) mass is 277 g/mol. The van der Waals surface area contributed by atoms with Crippen LogP contribution in [0.2, 0.25) is 5.02 Å². The smallest absolute Gasteiger partial charge is 0.316 e. The van der Waals surface area contributed by atoms with E-state index in [0.29, 0.717) is 4.90 Å². The lowest BCUT2D eigenvalue weighted by Gasteiger charge is -2.09. The molecule has 6 heteroatoms. The highest BCUT2D eigenvalue weighted by atomic mass is 35.5. The first-order valence-electron chi connectivity index (χ1n) is 4.97.